The fourth-order valence-corrected chi connectivity index (χ4v) is 3.50. The Bertz CT molecular complexity index is 1070. The van der Waals surface area contributed by atoms with Gasteiger partial charge in [0.25, 0.3) is 0 Å². The molecule has 0 unspecified atom stereocenters. The second-order valence-electron chi connectivity index (χ2n) is 8.91. The van der Waals surface area contributed by atoms with Crippen LogP contribution in [0.3, 0.4) is 0 Å². The summed E-state index contributed by atoms with van der Waals surface area (Å²) >= 11 is 0. The summed E-state index contributed by atoms with van der Waals surface area (Å²) in [7, 11) is 0. The van der Waals surface area contributed by atoms with Crippen LogP contribution >= 0.6 is 0 Å². The number of benzene rings is 2. The largest absolute Gasteiger partial charge is 0.490 e. The number of hydrogen-bond acceptors (Lipinski definition) is 5. The number of fused-ring (bicyclic) bond motifs is 1. The van der Waals surface area contributed by atoms with Crippen LogP contribution in [0.5, 0.6) is 11.5 Å². The van der Waals surface area contributed by atoms with Crippen LogP contribution < -0.4 is 15.2 Å². The Labute approximate surface area is 194 Å². The van der Waals surface area contributed by atoms with Crippen LogP contribution in [0.2, 0.25) is 0 Å². The molecular formula is C26H33FN2O4. The fourth-order valence-electron chi connectivity index (χ4n) is 3.50. The molecule has 0 aliphatic rings. The maximum atomic E-state index is 14.0. The Morgan fingerprint density at radius 2 is 1.70 bits per heavy atom. The molecule has 1 aromatic heterocycles. The number of aromatic nitrogens is 1. The predicted molar refractivity (Wildman–Crippen MR) is 128 cm³/mol. The van der Waals surface area contributed by atoms with E-state index in [2.05, 4.69) is 0 Å². The van der Waals surface area contributed by atoms with Gasteiger partial charge in [-0.15, -0.1) is 0 Å². The van der Waals surface area contributed by atoms with E-state index in [1.165, 1.54) is 16.7 Å². The van der Waals surface area contributed by atoms with E-state index in [1.807, 2.05) is 45.0 Å². The number of carbonyl (C=O) groups is 1. The third-order valence-electron chi connectivity index (χ3n) is 5.02. The highest BCUT2D eigenvalue weighted by molar-refractivity contribution is 5.92. The summed E-state index contributed by atoms with van der Waals surface area (Å²) in [5, 5.41) is 0.661. The van der Waals surface area contributed by atoms with Crippen LogP contribution in [-0.2, 0) is 11.2 Å². The van der Waals surface area contributed by atoms with Crippen molar-refractivity contribution in [3.8, 4) is 11.5 Å². The van der Waals surface area contributed by atoms with Gasteiger partial charge in [0, 0.05) is 18.0 Å². The van der Waals surface area contributed by atoms with Crippen LogP contribution in [0.25, 0.3) is 10.9 Å². The quantitative estimate of drug-likeness (QED) is 0.397. The molecule has 178 valence electrons. The van der Waals surface area contributed by atoms with Gasteiger partial charge in [-0.1, -0.05) is 12.1 Å². The third kappa shape index (κ3) is 6.96. The molecule has 0 bridgehead atoms. The first kappa shape index (κ1) is 24.6. The standard InChI is InChI=1S/C26H33FN2O4/c1-26(2,3)33-25(30)29-18-19(21-17-20(27)11-12-22(21)29)13-16-32-24-10-6-5-9-23(24)31-15-8-4-7-14-28/h5-6,9-12,17-18H,4,7-8,13-16,28H2,1-3H3. The molecular weight excluding hydrogens is 423 g/mol. The number of nitrogens with zero attached hydrogens (tertiary/aromatic N) is 1. The maximum absolute atomic E-state index is 14.0. The summed E-state index contributed by atoms with van der Waals surface area (Å²) in [5.41, 5.74) is 6.29. The average molecular weight is 457 g/mol. The van der Waals surface area contributed by atoms with Gasteiger partial charge in [-0.3, -0.25) is 4.57 Å². The smallest absolute Gasteiger partial charge is 0.419 e. The van der Waals surface area contributed by atoms with Gasteiger partial charge < -0.3 is 19.9 Å². The zero-order valence-corrected chi connectivity index (χ0v) is 19.6. The Balaban J connectivity index is 1.70. The summed E-state index contributed by atoms with van der Waals surface area (Å²) in [4.78, 5) is 12.7. The van der Waals surface area contributed by atoms with Gasteiger partial charge in [-0.05, 0) is 82.5 Å². The second kappa shape index (κ2) is 11.2. The average Bonchev–Trinajstić information content (AvgIpc) is 3.11. The van der Waals surface area contributed by atoms with Crippen molar-refractivity contribution in [3.63, 3.8) is 0 Å². The van der Waals surface area contributed by atoms with E-state index < -0.39 is 11.7 Å². The SMILES string of the molecule is CC(C)(C)OC(=O)n1cc(CCOc2ccccc2OCCCCCN)c2cc(F)ccc21. The Hall–Kier alpha value is -3.06. The van der Waals surface area contributed by atoms with E-state index >= 15 is 0 Å². The number of nitrogens with two attached hydrogens (primary N) is 1. The molecule has 3 rings (SSSR count). The minimum atomic E-state index is -0.634. The van der Waals surface area contributed by atoms with Gasteiger partial charge in [0.15, 0.2) is 11.5 Å². The maximum Gasteiger partial charge on any atom is 0.419 e. The van der Waals surface area contributed by atoms with E-state index in [9.17, 15) is 9.18 Å². The van der Waals surface area contributed by atoms with Crippen molar-refractivity contribution in [2.75, 3.05) is 19.8 Å². The summed E-state index contributed by atoms with van der Waals surface area (Å²) in [6.45, 7) is 7.06. The van der Waals surface area contributed by atoms with Gasteiger partial charge in [0.2, 0.25) is 0 Å². The Morgan fingerprint density at radius 3 is 2.36 bits per heavy atom. The van der Waals surface area contributed by atoms with E-state index in [1.54, 1.807) is 12.3 Å². The first-order valence-electron chi connectivity index (χ1n) is 11.4. The molecule has 1 heterocycles. The lowest BCUT2D eigenvalue weighted by Crippen LogP contribution is -2.26. The van der Waals surface area contributed by atoms with Crippen molar-refractivity contribution < 1.29 is 23.4 Å². The third-order valence-corrected chi connectivity index (χ3v) is 5.02. The number of unbranched alkanes of at least 4 members (excludes halogenated alkanes) is 2. The van der Waals surface area contributed by atoms with Crippen molar-refractivity contribution in [2.24, 2.45) is 5.73 Å². The molecule has 6 nitrogen and oxygen atoms in total. The normalized spacial score (nSPS) is 11.5. The highest BCUT2D eigenvalue weighted by atomic mass is 19.1. The van der Waals surface area contributed by atoms with Crippen LogP contribution in [0.4, 0.5) is 9.18 Å². The summed E-state index contributed by atoms with van der Waals surface area (Å²) in [6.07, 6.45) is 4.62. The molecule has 0 fully saturated rings. The Morgan fingerprint density at radius 1 is 1.00 bits per heavy atom. The molecule has 2 N–H and O–H groups in total. The van der Waals surface area contributed by atoms with Gasteiger partial charge in [0.05, 0.1) is 18.7 Å². The highest BCUT2D eigenvalue weighted by Crippen LogP contribution is 2.28. The second-order valence-corrected chi connectivity index (χ2v) is 8.91. The molecule has 0 saturated carbocycles. The molecule has 0 aliphatic carbocycles. The summed E-state index contributed by atoms with van der Waals surface area (Å²) in [6, 6.07) is 11.9. The van der Waals surface area contributed by atoms with E-state index in [4.69, 9.17) is 19.9 Å². The number of hydrogen-bond donors (Lipinski definition) is 1. The minimum absolute atomic E-state index is 0.345. The van der Waals surface area contributed by atoms with Crippen LogP contribution in [-0.4, -0.2) is 36.0 Å². The van der Waals surface area contributed by atoms with E-state index in [0.717, 1.165) is 24.8 Å². The van der Waals surface area contributed by atoms with Gasteiger partial charge >= 0.3 is 6.09 Å². The number of halogens is 1. The number of ether oxygens (including phenoxy) is 3. The molecule has 3 aromatic rings. The number of carbonyl (C=O) groups excluding carboxylic acids is 1. The van der Waals surface area contributed by atoms with E-state index in [0.29, 0.717) is 48.6 Å². The van der Waals surface area contributed by atoms with Gasteiger partial charge in [-0.25, -0.2) is 9.18 Å². The first-order valence-corrected chi connectivity index (χ1v) is 11.4. The van der Waals surface area contributed by atoms with Crippen molar-refractivity contribution in [2.45, 2.75) is 52.1 Å². The number of para-hydroxylation sites is 2. The van der Waals surface area contributed by atoms with Crippen LogP contribution in [0, 0.1) is 5.82 Å². The molecule has 0 saturated heterocycles. The summed E-state index contributed by atoms with van der Waals surface area (Å²) < 4.78 is 32.7. The zero-order valence-electron chi connectivity index (χ0n) is 19.6. The number of rotatable bonds is 10. The summed E-state index contributed by atoms with van der Waals surface area (Å²) in [5.74, 6) is 0.978. The van der Waals surface area contributed by atoms with Crippen molar-refractivity contribution in [1.82, 2.24) is 4.57 Å². The lowest BCUT2D eigenvalue weighted by molar-refractivity contribution is 0.0544. The first-order chi connectivity index (χ1) is 15.8. The van der Waals surface area contributed by atoms with Crippen molar-refractivity contribution >= 4 is 17.0 Å². The monoisotopic (exact) mass is 456 g/mol. The molecule has 2 aromatic carbocycles. The van der Waals surface area contributed by atoms with Crippen LogP contribution in [0.1, 0.15) is 45.6 Å². The lowest BCUT2D eigenvalue weighted by Gasteiger charge is -2.19. The van der Waals surface area contributed by atoms with Gasteiger partial charge in [0.1, 0.15) is 11.4 Å². The molecule has 0 aliphatic heterocycles. The van der Waals surface area contributed by atoms with Crippen molar-refractivity contribution in [3.05, 3.63) is 60.0 Å². The lowest BCUT2D eigenvalue weighted by atomic mass is 10.1. The molecule has 0 spiro atoms. The van der Waals surface area contributed by atoms with Crippen LogP contribution in [0.15, 0.2) is 48.7 Å². The van der Waals surface area contributed by atoms with Gasteiger partial charge in [-0.2, -0.15) is 0 Å². The molecule has 0 atom stereocenters. The molecule has 0 radical (unpaired) electrons. The molecule has 33 heavy (non-hydrogen) atoms. The topological polar surface area (TPSA) is 75.7 Å². The highest BCUT2D eigenvalue weighted by Gasteiger charge is 2.21. The van der Waals surface area contributed by atoms with E-state index in [-0.39, 0.29) is 5.82 Å². The minimum Gasteiger partial charge on any atom is -0.490 e. The molecule has 0 amide bonds. The Kier molecular flexibility index (Phi) is 8.33. The zero-order chi connectivity index (χ0) is 23.8. The molecule has 7 heteroatoms. The predicted octanol–water partition coefficient (Wildman–Crippen LogP) is 5.69. The fraction of sp³-hybridized carbons (Fsp3) is 0.423. The van der Waals surface area contributed by atoms with Crippen molar-refractivity contribution in [1.29, 1.82) is 0 Å².